The number of nitrogens with two attached hydrogens (primary N) is 1. The predicted octanol–water partition coefficient (Wildman–Crippen LogP) is 0.885. The third-order valence-electron chi connectivity index (χ3n) is 2.70. The van der Waals surface area contributed by atoms with Gasteiger partial charge in [-0.25, -0.2) is 0 Å². The highest BCUT2D eigenvalue weighted by Gasteiger charge is 2.26. The molecule has 2 atom stereocenters. The largest absolute Gasteiger partial charge is 0.396 e. The average Bonchev–Trinajstić information content (AvgIpc) is 2.21. The Labute approximate surface area is 98.6 Å². The second-order valence-electron chi connectivity index (χ2n) is 5.56. The normalized spacial score (nSPS) is 15.6. The molecule has 0 rings (SSSR count). The number of aliphatic hydroxyl groups excluding tert-OH is 1. The van der Waals surface area contributed by atoms with Crippen LogP contribution in [0.25, 0.3) is 0 Å². The third kappa shape index (κ3) is 6.08. The Morgan fingerprint density at radius 3 is 2.44 bits per heavy atom. The van der Waals surface area contributed by atoms with Gasteiger partial charge in [-0.05, 0) is 24.2 Å². The van der Waals surface area contributed by atoms with E-state index in [4.69, 9.17) is 10.8 Å². The molecule has 0 aromatic rings. The zero-order chi connectivity index (χ0) is 12.8. The van der Waals surface area contributed by atoms with Gasteiger partial charge in [0.2, 0.25) is 5.91 Å². The SMILES string of the molecule is CC(CO)CCCNC(=O)[C@@H](N)C(C)(C)C. The number of carbonyl (C=O) groups is 1. The lowest BCUT2D eigenvalue weighted by Gasteiger charge is -2.25. The van der Waals surface area contributed by atoms with E-state index in [9.17, 15) is 4.79 Å². The molecule has 0 radical (unpaired) electrons. The summed E-state index contributed by atoms with van der Waals surface area (Å²) in [6, 6.07) is -0.470. The first-order valence-electron chi connectivity index (χ1n) is 5.93. The highest BCUT2D eigenvalue weighted by atomic mass is 16.3. The Morgan fingerprint density at radius 2 is 2.00 bits per heavy atom. The summed E-state index contributed by atoms with van der Waals surface area (Å²) in [6.07, 6.45) is 1.80. The summed E-state index contributed by atoms with van der Waals surface area (Å²) >= 11 is 0. The molecule has 0 aliphatic rings. The van der Waals surface area contributed by atoms with Crippen molar-refractivity contribution in [3.05, 3.63) is 0 Å². The monoisotopic (exact) mass is 230 g/mol. The van der Waals surface area contributed by atoms with Crippen molar-refractivity contribution in [2.24, 2.45) is 17.1 Å². The van der Waals surface area contributed by atoms with Gasteiger partial charge in [-0.3, -0.25) is 4.79 Å². The minimum atomic E-state index is -0.470. The molecule has 0 aliphatic heterocycles. The van der Waals surface area contributed by atoms with E-state index in [1.807, 2.05) is 27.7 Å². The van der Waals surface area contributed by atoms with E-state index in [0.29, 0.717) is 12.5 Å². The highest BCUT2D eigenvalue weighted by Crippen LogP contribution is 2.17. The van der Waals surface area contributed by atoms with Crippen LogP contribution in [0.4, 0.5) is 0 Å². The Hall–Kier alpha value is -0.610. The minimum absolute atomic E-state index is 0.0934. The van der Waals surface area contributed by atoms with E-state index in [0.717, 1.165) is 12.8 Å². The van der Waals surface area contributed by atoms with Gasteiger partial charge in [0.25, 0.3) is 0 Å². The maximum Gasteiger partial charge on any atom is 0.237 e. The standard InChI is InChI=1S/C12H26N2O2/c1-9(8-15)6-5-7-14-11(16)10(13)12(2,3)4/h9-10,15H,5-8,13H2,1-4H3,(H,14,16)/t9?,10-/m1/s1. The zero-order valence-electron chi connectivity index (χ0n) is 10.9. The predicted molar refractivity (Wildman–Crippen MR) is 65.9 cm³/mol. The summed E-state index contributed by atoms with van der Waals surface area (Å²) in [5.74, 6) is 0.206. The van der Waals surface area contributed by atoms with Crippen LogP contribution >= 0.6 is 0 Å². The second-order valence-corrected chi connectivity index (χ2v) is 5.56. The first-order chi connectivity index (χ1) is 7.29. The van der Waals surface area contributed by atoms with E-state index >= 15 is 0 Å². The van der Waals surface area contributed by atoms with Crippen LogP contribution in [0.3, 0.4) is 0 Å². The van der Waals surface area contributed by atoms with Gasteiger partial charge in [-0.1, -0.05) is 27.7 Å². The molecule has 4 heteroatoms. The summed E-state index contributed by atoms with van der Waals surface area (Å²) in [7, 11) is 0. The van der Waals surface area contributed by atoms with E-state index < -0.39 is 6.04 Å². The summed E-state index contributed by atoms with van der Waals surface area (Å²) in [5, 5.41) is 11.7. The topological polar surface area (TPSA) is 75.3 Å². The molecular formula is C12H26N2O2. The van der Waals surface area contributed by atoms with Gasteiger partial charge in [0.15, 0.2) is 0 Å². The number of carbonyl (C=O) groups excluding carboxylic acids is 1. The minimum Gasteiger partial charge on any atom is -0.396 e. The van der Waals surface area contributed by atoms with Crippen molar-refractivity contribution in [1.82, 2.24) is 5.32 Å². The number of rotatable bonds is 6. The first-order valence-corrected chi connectivity index (χ1v) is 5.93. The molecule has 0 bridgehead atoms. The average molecular weight is 230 g/mol. The maximum atomic E-state index is 11.6. The molecule has 0 aliphatic carbocycles. The molecule has 1 unspecified atom stereocenters. The summed E-state index contributed by atoms with van der Waals surface area (Å²) < 4.78 is 0. The maximum absolute atomic E-state index is 11.6. The zero-order valence-corrected chi connectivity index (χ0v) is 10.9. The van der Waals surface area contributed by atoms with Crippen molar-refractivity contribution >= 4 is 5.91 Å². The van der Waals surface area contributed by atoms with Crippen LogP contribution in [0.15, 0.2) is 0 Å². The number of aliphatic hydroxyl groups is 1. The lowest BCUT2D eigenvalue weighted by Crippen LogP contribution is -2.48. The molecule has 0 aromatic carbocycles. The van der Waals surface area contributed by atoms with E-state index in [1.54, 1.807) is 0 Å². The molecule has 0 spiro atoms. The van der Waals surface area contributed by atoms with Crippen LogP contribution in [-0.2, 0) is 4.79 Å². The lowest BCUT2D eigenvalue weighted by molar-refractivity contribution is -0.124. The van der Waals surface area contributed by atoms with E-state index in [2.05, 4.69) is 5.32 Å². The quantitative estimate of drug-likeness (QED) is 0.593. The van der Waals surface area contributed by atoms with Crippen molar-refractivity contribution in [3.8, 4) is 0 Å². The first kappa shape index (κ1) is 15.4. The molecule has 0 saturated heterocycles. The Morgan fingerprint density at radius 1 is 1.44 bits per heavy atom. The summed E-state index contributed by atoms with van der Waals surface area (Å²) in [6.45, 7) is 8.67. The number of amides is 1. The van der Waals surface area contributed by atoms with Crippen molar-refractivity contribution in [2.75, 3.05) is 13.2 Å². The molecule has 4 nitrogen and oxygen atoms in total. The van der Waals surface area contributed by atoms with E-state index in [-0.39, 0.29) is 17.9 Å². The van der Waals surface area contributed by atoms with Crippen LogP contribution in [0.1, 0.15) is 40.5 Å². The molecular weight excluding hydrogens is 204 g/mol. The fourth-order valence-corrected chi connectivity index (χ4v) is 1.26. The van der Waals surface area contributed by atoms with Crippen molar-refractivity contribution < 1.29 is 9.90 Å². The molecule has 96 valence electrons. The van der Waals surface area contributed by atoms with Crippen LogP contribution in [0, 0.1) is 11.3 Å². The molecule has 4 N–H and O–H groups in total. The van der Waals surface area contributed by atoms with Crippen molar-refractivity contribution in [3.63, 3.8) is 0 Å². The molecule has 0 saturated carbocycles. The number of nitrogens with one attached hydrogen (secondary N) is 1. The van der Waals surface area contributed by atoms with Crippen LogP contribution in [-0.4, -0.2) is 30.2 Å². The molecule has 0 fully saturated rings. The highest BCUT2D eigenvalue weighted by molar-refractivity contribution is 5.82. The third-order valence-corrected chi connectivity index (χ3v) is 2.70. The van der Waals surface area contributed by atoms with Gasteiger partial charge < -0.3 is 16.2 Å². The Kier molecular flexibility index (Phi) is 6.60. The van der Waals surface area contributed by atoms with Gasteiger partial charge in [0.1, 0.15) is 0 Å². The van der Waals surface area contributed by atoms with Crippen LogP contribution in [0.2, 0.25) is 0 Å². The summed E-state index contributed by atoms with van der Waals surface area (Å²) in [5.41, 5.74) is 5.60. The van der Waals surface area contributed by atoms with Gasteiger partial charge in [0, 0.05) is 13.2 Å². The number of hydrogen-bond donors (Lipinski definition) is 3. The van der Waals surface area contributed by atoms with Crippen molar-refractivity contribution in [2.45, 2.75) is 46.6 Å². The summed E-state index contributed by atoms with van der Waals surface area (Å²) in [4.78, 5) is 11.6. The van der Waals surface area contributed by atoms with Gasteiger partial charge in [0.05, 0.1) is 6.04 Å². The van der Waals surface area contributed by atoms with Gasteiger partial charge in [-0.2, -0.15) is 0 Å². The molecule has 0 heterocycles. The molecule has 0 aromatic heterocycles. The molecule has 1 amide bonds. The Bertz CT molecular complexity index is 212. The smallest absolute Gasteiger partial charge is 0.237 e. The molecule has 16 heavy (non-hydrogen) atoms. The van der Waals surface area contributed by atoms with Gasteiger partial charge >= 0.3 is 0 Å². The fraction of sp³-hybridized carbons (Fsp3) is 0.917. The lowest BCUT2D eigenvalue weighted by atomic mass is 9.87. The fourth-order valence-electron chi connectivity index (χ4n) is 1.26. The second kappa shape index (κ2) is 6.86. The Balaban J connectivity index is 3.74. The van der Waals surface area contributed by atoms with Crippen molar-refractivity contribution in [1.29, 1.82) is 0 Å². The number of hydrogen-bond acceptors (Lipinski definition) is 3. The van der Waals surface area contributed by atoms with E-state index in [1.165, 1.54) is 0 Å². The van der Waals surface area contributed by atoms with Crippen LogP contribution in [0.5, 0.6) is 0 Å². The van der Waals surface area contributed by atoms with Gasteiger partial charge in [-0.15, -0.1) is 0 Å². The van der Waals surface area contributed by atoms with Crippen LogP contribution < -0.4 is 11.1 Å².